The van der Waals surface area contributed by atoms with E-state index in [-0.39, 0.29) is 36.4 Å². The number of likely N-dealkylation sites (N-methyl/N-ethyl adjacent to an activating group) is 1. The van der Waals surface area contributed by atoms with Gasteiger partial charge in [0.05, 0.1) is 6.54 Å². The van der Waals surface area contributed by atoms with E-state index >= 15 is 0 Å². The number of rotatable bonds is 5. The molecule has 0 fully saturated rings. The quantitative estimate of drug-likeness (QED) is 0.692. The first-order valence-corrected chi connectivity index (χ1v) is 7.56. The average molecular weight is 440 g/mol. The fraction of sp³-hybridized carbons (Fsp3) is 0.312. The van der Waals surface area contributed by atoms with E-state index in [0.29, 0.717) is 6.54 Å². The maximum Gasteiger partial charge on any atom is 0.246 e. The summed E-state index contributed by atoms with van der Waals surface area (Å²) in [5, 5.41) is 10.2. The van der Waals surface area contributed by atoms with Gasteiger partial charge in [0.25, 0.3) is 0 Å². The van der Waals surface area contributed by atoms with Crippen LogP contribution in [-0.2, 0) is 17.9 Å². The van der Waals surface area contributed by atoms with Crippen molar-refractivity contribution >= 4 is 41.5 Å². The lowest BCUT2D eigenvalue weighted by Crippen LogP contribution is -2.35. The van der Waals surface area contributed by atoms with Crippen molar-refractivity contribution in [2.45, 2.75) is 13.1 Å². The van der Waals surface area contributed by atoms with Crippen LogP contribution in [0.4, 0.5) is 5.69 Å². The lowest BCUT2D eigenvalue weighted by Gasteiger charge is -2.15. The molecule has 0 unspecified atom stereocenters. The number of nitrogens with one attached hydrogen (secondary N) is 2. The summed E-state index contributed by atoms with van der Waals surface area (Å²) in [4.78, 5) is 18.5. The van der Waals surface area contributed by atoms with Gasteiger partial charge < -0.3 is 15.5 Å². The van der Waals surface area contributed by atoms with Gasteiger partial charge in [-0.25, -0.2) is 0 Å². The van der Waals surface area contributed by atoms with E-state index in [0.717, 1.165) is 30.3 Å². The molecule has 1 aromatic carbocycles. The van der Waals surface area contributed by atoms with Crippen LogP contribution < -0.4 is 10.6 Å². The zero-order valence-electron chi connectivity index (χ0n) is 13.5. The van der Waals surface area contributed by atoms with Crippen molar-refractivity contribution in [3.63, 3.8) is 0 Å². The summed E-state index contributed by atoms with van der Waals surface area (Å²) in [6.07, 6.45) is 3.42. The molecule has 2 aromatic rings. The number of aromatic nitrogens is 2. The summed E-state index contributed by atoms with van der Waals surface area (Å²) in [7, 11) is 2.02. The van der Waals surface area contributed by atoms with Gasteiger partial charge >= 0.3 is 0 Å². The van der Waals surface area contributed by atoms with Gasteiger partial charge in [0, 0.05) is 38.2 Å². The molecule has 2 heterocycles. The third-order valence-electron chi connectivity index (χ3n) is 3.58. The van der Waals surface area contributed by atoms with Gasteiger partial charge in [-0.15, -0.1) is 24.0 Å². The van der Waals surface area contributed by atoms with Crippen molar-refractivity contribution in [2.75, 3.05) is 25.5 Å². The van der Waals surface area contributed by atoms with E-state index in [2.05, 4.69) is 25.6 Å². The summed E-state index contributed by atoms with van der Waals surface area (Å²) in [5.74, 6) is 0.817. The Balaban J connectivity index is 0.00000208. The number of aliphatic imine (C=N–C) groups is 1. The third kappa shape index (κ3) is 4.95. The van der Waals surface area contributed by atoms with Crippen LogP contribution in [-0.4, -0.2) is 46.7 Å². The average Bonchev–Trinajstić information content (AvgIpc) is 3.17. The number of halogens is 1. The molecule has 1 amide bonds. The van der Waals surface area contributed by atoms with Crippen LogP contribution in [0.1, 0.15) is 5.56 Å². The smallest absolute Gasteiger partial charge is 0.246 e. The van der Waals surface area contributed by atoms with E-state index in [4.69, 9.17) is 0 Å². The minimum Gasteiger partial charge on any atom is -0.352 e. The second kappa shape index (κ2) is 8.67. The van der Waals surface area contributed by atoms with Crippen molar-refractivity contribution in [1.29, 1.82) is 0 Å². The molecule has 8 heteroatoms. The molecule has 3 rings (SSSR count). The predicted molar refractivity (Wildman–Crippen MR) is 104 cm³/mol. The summed E-state index contributed by atoms with van der Waals surface area (Å²) >= 11 is 0. The van der Waals surface area contributed by atoms with Crippen LogP contribution in [0.5, 0.6) is 0 Å². The summed E-state index contributed by atoms with van der Waals surface area (Å²) in [5.41, 5.74) is 1.87. The Morgan fingerprint density at radius 1 is 1.33 bits per heavy atom. The highest BCUT2D eigenvalue weighted by Crippen LogP contribution is 2.11. The zero-order valence-corrected chi connectivity index (χ0v) is 15.8. The topological polar surface area (TPSA) is 74.5 Å². The van der Waals surface area contributed by atoms with Crippen LogP contribution in [0.3, 0.4) is 0 Å². The molecule has 1 aromatic heterocycles. The van der Waals surface area contributed by atoms with Gasteiger partial charge in [0.2, 0.25) is 5.91 Å². The van der Waals surface area contributed by atoms with E-state index < -0.39 is 0 Å². The predicted octanol–water partition coefficient (Wildman–Crippen LogP) is 1.53. The van der Waals surface area contributed by atoms with E-state index in [9.17, 15) is 4.79 Å². The number of carbonyl (C=O) groups excluding carboxylic acids is 1. The van der Waals surface area contributed by atoms with Gasteiger partial charge in [-0.3, -0.25) is 14.5 Å². The number of guanidine groups is 1. The second-order valence-electron chi connectivity index (χ2n) is 5.43. The molecular weight excluding hydrogens is 419 g/mol. The molecule has 0 spiro atoms. The highest BCUT2D eigenvalue weighted by molar-refractivity contribution is 14.0. The van der Waals surface area contributed by atoms with E-state index in [1.807, 2.05) is 31.3 Å². The molecule has 24 heavy (non-hydrogen) atoms. The van der Waals surface area contributed by atoms with Crippen molar-refractivity contribution in [3.05, 3.63) is 48.3 Å². The number of carbonyl (C=O) groups is 1. The molecule has 0 radical (unpaired) electrons. The zero-order chi connectivity index (χ0) is 16.1. The Morgan fingerprint density at radius 2 is 2.21 bits per heavy atom. The lowest BCUT2D eigenvalue weighted by atomic mass is 10.2. The summed E-state index contributed by atoms with van der Waals surface area (Å²) in [6, 6.07) is 9.59. The first kappa shape index (κ1) is 18.2. The van der Waals surface area contributed by atoms with Crippen LogP contribution >= 0.6 is 24.0 Å². The van der Waals surface area contributed by atoms with Gasteiger partial charge in [-0.05, 0) is 23.8 Å². The van der Waals surface area contributed by atoms with Crippen LogP contribution in [0.25, 0.3) is 0 Å². The largest absolute Gasteiger partial charge is 0.352 e. The monoisotopic (exact) mass is 440 g/mol. The SMILES string of the molecule is CN1CCN=C1NCc1cccc(NC(=O)Cn2cccn2)c1.I. The number of hydrogen-bond acceptors (Lipinski definition) is 5. The number of anilines is 1. The van der Waals surface area contributed by atoms with Gasteiger partial charge in [-0.2, -0.15) is 5.10 Å². The fourth-order valence-corrected chi connectivity index (χ4v) is 2.41. The number of hydrogen-bond donors (Lipinski definition) is 2. The standard InChI is InChI=1S/C16H20N6O.HI/c1-21-9-7-17-16(21)18-11-13-4-2-5-14(10-13)20-15(23)12-22-8-3-6-19-22;/h2-6,8,10H,7,9,11-12H2,1H3,(H,17,18)(H,20,23);1H. The van der Waals surface area contributed by atoms with Gasteiger partial charge in [-0.1, -0.05) is 12.1 Å². The molecule has 1 aliphatic heterocycles. The van der Waals surface area contributed by atoms with Crippen molar-refractivity contribution < 1.29 is 4.79 Å². The molecule has 0 saturated heterocycles. The normalized spacial score (nSPS) is 13.2. The highest BCUT2D eigenvalue weighted by atomic mass is 127. The Hall–Kier alpha value is -2.10. The fourth-order valence-electron chi connectivity index (χ4n) is 2.41. The minimum absolute atomic E-state index is 0. The molecule has 0 atom stereocenters. The molecule has 0 bridgehead atoms. The maximum atomic E-state index is 12.0. The summed E-state index contributed by atoms with van der Waals surface area (Å²) < 4.78 is 1.59. The molecule has 1 aliphatic rings. The lowest BCUT2D eigenvalue weighted by molar-refractivity contribution is -0.116. The maximum absolute atomic E-state index is 12.0. The van der Waals surface area contributed by atoms with Crippen LogP contribution in [0.2, 0.25) is 0 Å². The minimum atomic E-state index is -0.0984. The van der Waals surface area contributed by atoms with Crippen LogP contribution in [0.15, 0.2) is 47.7 Å². The van der Waals surface area contributed by atoms with Crippen molar-refractivity contribution in [3.8, 4) is 0 Å². The molecule has 2 N–H and O–H groups in total. The number of nitrogens with zero attached hydrogens (tertiary/aromatic N) is 4. The van der Waals surface area contributed by atoms with Crippen molar-refractivity contribution in [2.24, 2.45) is 4.99 Å². The molecule has 128 valence electrons. The van der Waals surface area contributed by atoms with E-state index in [1.54, 1.807) is 23.1 Å². The van der Waals surface area contributed by atoms with E-state index in [1.165, 1.54) is 0 Å². The Labute approximate surface area is 158 Å². The molecular formula is C16H21IN6O. The first-order valence-electron chi connectivity index (χ1n) is 7.56. The van der Waals surface area contributed by atoms with Gasteiger partial charge in [0.1, 0.15) is 6.54 Å². The van der Waals surface area contributed by atoms with Crippen LogP contribution in [0, 0.1) is 0 Å². The Bertz CT molecular complexity index is 700. The summed E-state index contributed by atoms with van der Waals surface area (Å²) in [6.45, 7) is 2.66. The number of amides is 1. The second-order valence-corrected chi connectivity index (χ2v) is 5.43. The Kier molecular flexibility index (Phi) is 6.59. The number of benzene rings is 1. The molecule has 0 aliphatic carbocycles. The highest BCUT2D eigenvalue weighted by Gasteiger charge is 2.11. The third-order valence-corrected chi connectivity index (χ3v) is 3.58. The molecule has 0 saturated carbocycles. The van der Waals surface area contributed by atoms with Crippen molar-refractivity contribution in [1.82, 2.24) is 20.0 Å². The molecule has 7 nitrogen and oxygen atoms in total. The van der Waals surface area contributed by atoms with Gasteiger partial charge in [0.15, 0.2) is 5.96 Å². The Morgan fingerprint density at radius 3 is 2.92 bits per heavy atom. The first-order chi connectivity index (χ1) is 11.2.